The monoisotopic (exact) mass is 726 g/mol. The van der Waals surface area contributed by atoms with Gasteiger partial charge >= 0.3 is 0 Å². The molecule has 252 valence electrons. The van der Waals surface area contributed by atoms with E-state index in [1.807, 2.05) is 0 Å². The highest BCUT2D eigenvalue weighted by molar-refractivity contribution is 7.86. The topological polar surface area (TPSA) is 288 Å². The van der Waals surface area contributed by atoms with Crippen LogP contribution in [0.15, 0.2) is 121 Å². The van der Waals surface area contributed by atoms with Crippen molar-refractivity contribution in [3.8, 4) is 5.75 Å². The Kier molecular flexibility index (Phi) is 9.03. The fraction of sp³-hybridized carbons (Fsp3) is 0. The molecule has 0 aliphatic rings. The first-order valence-corrected chi connectivity index (χ1v) is 17.6. The Hall–Kier alpha value is -5.64. The van der Waals surface area contributed by atoms with Crippen LogP contribution in [0.25, 0.3) is 21.5 Å². The molecule has 0 fully saturated rings. The number of rotatable bonds is 9. The molecule has 1 amide bonds. The number of amides is 1. The number of nitrogen functional groups attached to an aromatic ring is 1. The van der Waals surface area contributed by atoms with E-state index in [4.69, 9.17) is 5.73 Å². The van der Waals surface area contributed by atoms with Gasteiger partial charge in [-0.1, -0.05) is 12.6 Å². The quantitative estimate of drug-likeness (QED) is 0.0443. The molecule has 0 aliphatic heterocycles. The third-order valence-corrected chi connectivity index (χ3v) is 9.45. The third-order valence-electron chi connectivity index (χ3n) is 6.83. The molecule has 5 aromatic rings. The second-order valence-electron chi connectivity index (χ2n) is 10.1. The molecule has 0 spiro atoms. The lowest BCUT2D eigenvalue weighted by Crippen LogP contribution is -2.06. The Morgan fingerprint density at radius 1 is 0.694 bits per heavy atom. The maximum atomic E-state index is 12.3. The van der Waals surface area contributed by atoms with Crippen molar-refractivity contribution in [3.63, 3.8) is 0 Å². The summed E-state index contributed by atoms with van der Waals surface area (Å²) in [7, 11) is -14.7. The Labute approximate surface area is 277 Å². The van der Waals surface area contributed by atoms with Gasteiger partial charge in [0.25, 0.3) is 30.4 Å². The molecule has 17 nitrogen and oxygen atoms in total. The van der Waals surface area contributed by atoms with Crippen LogP contribution in [0.4, 0.5) is 34.1 Å². The zero-order valence-electron chi connectivity index (χ0n) is 24.5. The molecule has 7 N–H and O–H groups in total. The number of nitrogens with zero attached hydrogens (tertiary/aromatic N) is 4. The van der Waals surface area contributed by atoms with Gasteiger partial charge in [0.15, 0.2) is 5.75 Å². The smallest absolute Gasteiger partial charge is 0.296 e. The molecule has 0 saturated carbocycles. The molecule has 5 aromatic carbocycles. The summed E-state index contributed by atoms with van der Waals surface area (Å²) in [5.41, 5.74) is 5.33. The molecule has 0 atom stereocenters. The molecule has 0 heterocycles. The van der Waals surface area contributed by atoms with Gasteiger partial charge in [-0.2, -0.15) is 30.4 Å². The summed E-state index contributed by atoms with van der Waals surface area (Å²) in [6.45, 7) is 3.38. The maximum absolute atomic E-state index is 12.3. The van der Waals surface area contributed by atoms with Gasteiger partial charge in [0.05, 0.1) is 27.6 Å². The molecular formula is C29H22N6O11S3. The molecule has 0 aromatic heterocycles. The van der Waals surface area contributed by atoms with Crippen LogP contribution in [0, 0.1) is 0 Å². The average molecular weight is 727 g/mol. The minimum absolute atomic E-state index is 0.0218. The van der Waals surface area contributed by atoms with E-state index in [1.165, 1.54) is 18.2 Å². The first-order valence-electron chi connectivity index (χ1n) is 13.3. The predicted octanol–water partition coefficient (Wildman–Crippen LogP) is 5.98. The number of hydrogen-bond donors (Lipinski definition) is 6. The standard InChI is InChI=1S/C29H22N6O11S3/c1-2-27(36)31-16-3-5-17(6-4-16)32-33-23-9-10-24(21-13-18(47(38,39)40)7-8-19(21)23)34-35-28-26(49(44,45)46)12-15-11-25(48(41,42)43)22(30)14-20(15)29(28)37/h2-14,37H,1,30H2,(H,31,36)(H,38,39,40)(H,41,42,43)(H,44,45,46). The molecule has 20 heteroatoms. The van der Waals surface area contributed by atoms with Crippen LogP contribution in [-0.2, 0) is 35.1 Å². The fourth-order valence-corrected chi connectivity index (χ4v) is 6.36. The van der Waals surface area contributed by atoms with Gasteiger partial charge in [-0.25, -0.2) is 0 Å². The Morgan fingerprint density at radius 2 is 1.29 bits per heavy atom. The molecule has 0 saturated heterocycles. The van der Waals surface area contributed by atoms with Gasteiger partial charge in [0.2, 0.25) is 5.91 Å². The summed E-state index contributed by atoms with van der Waals surface area (Å²) in [6.07, 6.45) is 1.11. The molecule has 0 aliphatic carbocycles. The summed E-state index contributed by atoms with van der Waals surface area (Å²) in [5.74, 6) is -1.31. The number of nitrogens with one attached hydrogen (secondary N) is 1. The van der Waals surface area contributed by atoms with Crippen LogP contribution in [0.2, 0.25) is 0 Å². The van der Waals surface area contributed by atoms with Crippen molar-refractivity contribution in [2.24, 2.45) is 20.5 Å². The van der Waals surface area contributed by atoms with Crippen LogP contribution in [0.3, 0.4) is 0 Å². The lowest BCUT2D eigenvalue weighted by molar-refractivity contribution is -0.111. The highest BCUT2D eigenvalue weighted by atomic mass is 32.2. The number of aromatic hydroxyl groups is 1. The average Bonchev–Trinajstić information content (AvgIpc) is 3.02. The van der Waals surface area contributed by atoms with E-state index in [9.17, 15) is 48.8 Å². The summed E-state index contributed by atoms with van der Waals surface area (Å²) in [5, 5.41) is 29.5. The number of phenols is 1. The van der Waals surface area contributed by atoms with Crippen molar-refractivity contribution < 1.29 is 48.8 Å². The third kappa shape index (κ3) is 7.43. The number of hydrogen-bond acceptors (Lipinski definition) is 13. The number of fused-ring (bicyclic) bond motifs is 2. The molecule has 5 rings (SSSR count). The normalized spacial score (nSPS) is 12.6. The lowest BCUT2D eigenvalue weighted by atomic mass is 10.1. The first-order chi connectivity index (χ1) is 22.9. The zero-order chi connectivity index (χ0) is 35.9. The minimum atomic E-state index is -5.15. The number of azo groups is 2. The molecule has 0 radical (unpaired) electrons. The summed E-state index contributed by atoms with van der Waals surface area (Å²) < 4.78 is 101. The van der Waals surface area contributed by atoms with Gasteiger partial charge < -0.3 is 16.2 Å². The fourth-order valence-electron chi connectivity index (χ4n) is 4.56. The second-order valence-corrected chi connectivity index (χ2v) is 14.3. The predicted molar refractivity (Wildman–Crippen MR) is 177 cm³/mol. The largest absolute Gasteiger partial charge is 0.505 e. The Morgan fingerprint density at radius 3 is 1.88 bits per heavy atom. The van der Waals surface area contributed by atoms with Gasteiger partial charge in [0, 0.05) is 21.8 Å². The summed E-state index contributed by atoms with van der Waals surface area (Å²) >= 11 is 0. The van der Waals surface area contributed by atoms with Gasteiger partial charge in [-0.3, -0.25) is 18.5 Å². The summed E-state index contributed by atoms with van der Waals surface area (Å²) in [4.78, 5) is 9.17. The number of carbonyl (C=O) groups excluding carboxylic acids is 1. The molecular weight excluding hydrogens is 705 g/mol. The van der Waals surface area contributed by atoms with Gasteiger partial charge in [-0.15, -0.1) is 15.3 Å². The second kappa shape index (κ2) is 12.8. The highest BCUT2D eigenvalue weighted by Crippen LogP contribution is 2.44. The van der Waals surface area contributed by atoms with Crippen LogP contribution in [-0.4, -0.2) is 49.9 Å². The van der Waals surface area contributed by atoms with Crippen LogP contribution < -0.4 is 11.1 Å². The Balaban J connectivity index is 1.64. The molecule has 49 heavy (non-hydrogen) atoms. The van der Waals surface area contributed by atoms with Crippen molar-refractivity contribution in [1.29, 1.82) is 0 Å². The van der Waals surface area contributed by atoms with E-state index >= 15 is 0 Å². The lowest BCUT2D eigenvalue weighted by Gasteiger charge is -2.11. The highest BCUT2D eigenvalue weighted by Gasteiger charge is 2.25. The maximum Gasteiger partial charge on any atom is 0.296 e. The van der Waals surface area contributed by atoms with Crippen molar-refractivity contribution in [2.75, 3.05) is 11.1 Å². The van der Waals surface area contributed by atoms with Crippen LogP contribution in [0.1, 0.15) is 0 Å². The number of carbonyl (C=O) groups is 1. The van der Waals surface area contributed by atoms with E-state index < -0.39 is 68.1 Å². The number of anilines is 2. The van der Waals surface area contributed by atoms with E-state index in [0.29, 0.717) is 11.4 Å². The molecule has 0 bridgehead atoms. The summed E-state index contributed by atoms with van der Waals surface area (Å²) in [6, 6.07) is 14.9. The van der Waals surface area contributed by atoms with E-state index in [0.717, 1.165) is 36.4 Å². The first kappa shape index (κ1) is 34.7. The number of nitrogens with two attached hydrogens (primary N) is 1. The van der Waals surface area contributed by atoms with Crippen LogP contribution >= 0.6 is 0 Å². The van der Waals surface area contributed by atoms with Gasteiger partial charge in [0.1, 0.15) is 15.5 Å². The number of benzene rings is 5. The van der Waals surface area contributed by atoms with Crippen LogP contribution in [0.5, 0.6) is 5.75 Å². The Bertz CT molecular complexity index is 2610. The van der Waals surface area contributed by atoms with Crippen molar-refractivity contribution in [2.45, 2.75) is 14.7 Å². The van der Waals surface area contributed by atoms with Crippen molar-refractivity contribution >= 4 is 91.9 Å². The SMILES string of the molecule is C=CC(=O)Nc1ccc(N=Nc2ccc(N=Nc3c(S(=O)(=O)O)cc4cc(S(=O)(=O)O)c(N)cc4c3O)c3cc(S(=O)(=O)O)ccc23)cc1. The minimum Gasteiger partial charge on any atom is -0.505 e. The zero-order valence-corrected chi connectivity index (χ0v) is 26.9. The van der Waals surface area contributed by atoms with E-state index in [1.54, 1.807) is 24.3 Å². The van der Waals surface area contributed by atoms with Crippen molar-refractivity contribution in [3.05, 3.63) is 85.5 Å². The van der Waals surface area contributed by atoms with Gasteiger partial charge in [-0.05, 0) is 78.2 Å². The van der Waals surface area contributed by atoms with Crippen molar-refractivity contribution in [1.82, 2.24) is 0 Å². The van der Waals surface area contributed by atoms with E-state index in [-0.39, 0.29) is 32.9 Å². The van der Waals surface area contributed by atoms with E-state index in [2.05, 4.69) is 32.4 Å². The number of phenolic OH excluding ortho intramolecular Hbond substituents is 1. The molecule has 0 unspecified atom stereocenters.